The summed E-state index contributed by atoms with van der Waals surface area (Å²) in [5.41, 5.74) is 0.822. The van der Waals surface area contributed by atoms with Crippen molar-refractivity contribution < 1.29 is 14.0 Å². The van der Waals surface area contributed by atoms with Crippen LogP contribution < -0.4 is 10.6 Å². The molecule has 2 aliphatic heterocycles. The SMILES string of the molecule is O=C1N[C@@]2(CCCN(C(=O)c3ccco3)C2)Nc2ccccc21. The molecule has 6 heteroatoms. The molecule has 4 rings (SSSR count). The molecule has 2 aliphatic rings. The maximum atomic E-state index is 12.5. The maximum Gasteiger partial charge on any atom is 0.289 e. The Morgan fingerprint density at radius 1 is 1.17 bits per heavy atom. The van der Waals surface area contributed by atoms with Crippen LogP contribution in [-0.2, 0) is 0 Å². The average molecular weight is 311 g/mol. The number of carbonyl (C=O) groups excluding carboxylic acids is 2. The van der Waals surface area contributed by atoms with Gasteiger partial charge in [-0.2, -0.15) is 0 Å². The summed E-state index contributed by atoms with van der Waals surface area (Å²) in [6.07, 6.45) is 3.07. The van der Waals surface area contributed by atoms with E-state index in [0.717, 1.165) is 18.5 Å². The Morgan fingerprint density at radius 3 is 2.87 bits per heavy atom. The molecule has 1 aromatic carbocycles. The third-order valence-corrected chi connectivity index (χ3v) is 4.41. The number of nitrogens with one attached hydrogen (secondary N) is 2. The number of fused-ring (bicyclic) bond motifs is 1. The fraction of sp³-hybridized carbons (Fsp3) is 0.294. The zero-order chi connectivity index (χ0) is 15.9. The number of furan rings is 1. The molecule has 2 N–H and O–H groups in total. The van der Waals surface area contributed by atoms with Gasteiger partial charge in [-0.05, 0) is 37.1 Å². The molecule has 0 aliphatic carbocycles. The van der Waals surface area contributed by atoms with Crippen molar-refractivity contribution in [2.24, 2.45) is 0 Å². The Morgan fingerprint density at radius 2 is 2.04 bits per heavy atom. The van der Waals surface area contributed by atoms with E-state index >= 15 is 0 Å². The molecule has 1 saturated heterocycles. The molecule has 1 fully saturated rings. The number of hydrogen-bond acceptors (Lipinski definition) is 4. The van der Waals surface area contributed by atoms with E-state index in [0.29, 0.717) is 24.4 Å². The number of rotatable bonds is 1. The fourth-order valence-corrected chi connectivity index (χ4v) is 3.35. The van der Waals surface area contributed by atoms with E-state index in [1.807, 2.05) is 18.2 Å². The van der Waals surface area contributed by atoms with Crippen molar-refractivity contribution in [3.63, 3.8) is 0 Å². The van der Waals surface area contributed by atoms with Gasteiger partial charge in [0.05, 0.1) is 18.4 Å². The first-order chi connectivity index (χ1) is 11.2. The van der Waals surface area contributed by atoms with Gasteiger partial charge in [-0.25, -0.2) is 0 Å². The topological polar surface area (TPSA) is 74.6 Å². The number of carbonyl (C=O) groups is 2. The van der Waals surface area contributed by atoms with E-state index in [9.17, 15) is 9.59 Å². The minimum Gasteiger partial charge on any atom is -0.459 e. The Balaban J connectivity index is 1.60. The molecule has 1 aromatic heterocycles. The van der Waals surface area contributed by atoms with Crippen LogP contribution in [0, 0.1) is 0 Å². The minimum absolute atomic E-state index is 0.105. The number of hydrogen-bond donors (Lipinski definition) is 2. The van der Waals surface area contributed by atoms with E-state index in [1.165, 1.54) is 6.26 Å². The molecule has 2 aromatic rings. The first kappa shape index (κ1) is 13.9. The molecule has 1 spiro atoms. The molecule has 0 unspecified atom stereocenters. The van der Waals surface area contributed by atoms with Gasteiger partial charge in [-0.3, -0.25) is 9.59 Å². The van der Waals surface area contributed by atoms with E-state index in [4.69, 9.17) is 4.42 Å². The summed E-state index contributed by atoms with van der Waals surface area (Å²) >= 11 is 0. The highest BCUT2D eigenvalue weighted by Gasteiger charge is 2.42. The summed E-state index contributed by atoms with van der Waals surface area (Å²) in [5, 5.41) is 6.46. The standard InChI is InChI=1S/C17H17N3O3/c21-15-12-5-1-2-6-13(12)18-17(19-15)8-4-9-20(11-17)16(22)14-7-3-10-23-14/h1-3,5-7,10,18H,4,8-9,11H2,(H,19,21)/t17-/m1/s1. The Labute approximate surface area is 133 Å². The van der Waals surface area contributed by atoms with E-state index in [-0.39, 0.29) is 11.8 Å². The number of amides is 2. The quantitative estimate of drug-likeness (QED) is 0.845. The fourth-order valence-electron chi connectivity index (χ4n) is 3.35. The second kappa shape index (κ2) is 5.15. The van der Waals surface area contributed by atoms with Crippen molar-refractivity contribution in [3.05, 3.63) is 54.0 Å². The Bertz CT molecular complexity index is 756. The van der Waals surface area contributed by atoms with Crippen LogP contribution in [0.3, 0.4) is 0 Å². The van der Waals surface area contributed by atoms with Crippen LogP contribution in [0.25, 0.3) is 0 Å². The van der Waals surface area contributed by atoms with Crippen molar-refractivity contribution in [2.75, 3.05) is 18.4 Å². The smallest absolute Gasteiger partial charge is 0.289 e. The van der Waals surface area contributed by atoms with Crippen LogP contribution in [0.4, 0.5) is 5.69 Å². The van der Waals surface area contributed by atoms with Crippen molar-refractivity contribution in [1.82, 2.24) is 10.2 Å². The van der Waals surface area contributed by atoms with Crippen LogP contribution in [0.1, 0.15) is 33.8 Å². The van der Waals surface area contributed by atoms with Gasteiger partial charge in [-0.15, -0.1) is 0 Å². The van der Waals surface area contributed by atoms with E-state index in [2.05, 4.69) is 10.6 Å². The molecule has 0 radical (unpaired) electrons. The zero-order valence-electron chi connectivity index (χ0n) is 12.5. The molecule has 23 heavy (non-hydrogen) atoms. The van der Waals surface area contributed by atoms with Gasteiger partial charge in [0.2, 0.25) is 0 Å². The van der Waals surface area contributed by atoms with E-state index < -0.39 is 5.66 Å². The van der Waals surface area contributed by atoms with Gasteiger partial charge < -0.3 is 20.0 Å². The predicted molar refractivity (Wildman–Crippen MR) is 84.1 cm³/mol. The average Bonchev–Trinajstić information content (AvgIpc) is 3.08. The second-order valence-corrected chi connectivity index (χ2v) is 6.01. The van der Waals surface area contributed by atoms with Crippen molar-refractivity contribution in [1.29, 1.82) is 0 Å². The zero-order valence-corrected chi connectivity index (χ0v) is 12.5. The summed E-state index contributed by atoms with van der Waals surface area (Å²) in [6, 6.07) is 10.8. The first-order valence-corrected chi connectivity index (χ1v) is 7.69. The number of anilines is 1. The highest BCUT2D eigenvalue weighted by atomic mass is 16.3. The molecule has 1 atom stereocenters. The number of para-hydroxylation sites is 1. The van der Waals surface area contributed by atoms with Crippen LogP contribution >= 0.6 is 0 Å². The highest BCUT2D eigenvalue weighted by molar-refractivity contribution is 6.02. The van der Waals surface area contributed by atoms with Gasteiger partial charge >= 0.3 is 0 Å². The van der Waals surface area contributed by atoms with Gasteiger partial charge in [0.25, 0.3) is 11.8 Å². The van der Waals surface area contributed by atoms with Gasteiger partial charge in [-0.1, -0.05) is 12.1 Å². The second-order valence-electron chi connectivity index (χ2n) is 6.01. The number of nitrogens with zero attached hydrogens (tertiary/aromatic N) is 1. The molecule has 118 valence electrons. The van der Waals surface area contributed by atoms with Gasteiger partial charge in [0.15, 0.2) is 5.76 Å². The van der Waals surface area contributed by atoms with Crippen LogP contribution in [-0.4, -0.2) is 35.5 Å². The number of likely N-dealkylation sites (tertiary alicyclic amines) is 1. The minimum atomic E-state index is -0.619. The van der Waals surface area contributed by atoms with Gasteiger partial charge in [0.1, 0.15) is 5.66 Å². The summed E-state index contributed by atoms with van der Waals surface area (Å²) in [4.78, 5) is 26.6. The third kappa shape index (κ3) is 2.36. The van der Waals surface area contributed by atoms with E-state index in [1.54, 1.807) is 23.1 Å². The first-order valence-electron chi connectivity index (χ1n) is 7.69. The number of piperidine rings is 1. The molecule has 2 amide bonds. The lowest BCUT2D eigenvalue weighted by molar-refractivity contribution is 0.0566. The van der Waals surface area contributed by atoms with Crippen molar-refractivity contribution in [3.8, 4) is 0 Å². The Kier molecular flexibility index (Phi) is 3.11. The third-order valence-electron chi connectivity index (χ3n) is 4.41. The lowest BCUT2D eigenvalue weighted by Crippen LogP contribution is -2.66. The predicted octanol–water partition coefficient (Wildman–Crippen LogP) is 2.07. The lowest BCUT2D eigenvalue weighted by Gasteiger charge is -2.46. The number of benzene rings is 1. The molecule has 0 saturated carbocycles. The largest absolute Gasteiger partial charge is 0.459 e. The highest BCUT2D eigenvalue weighted by Crippen LogP contribution is 2.30. The molecular formula is C17H17N3O3. The summed E-state index contributed by atoms with van der Waals surface area (Å²) in [5.74, 6) is 0.0696. The summed E-state index contributed by atoms with van der Waals surface area (Å²) < 4.78 is 5.20. The molecular weight excluding hydrogens is 294 g/mol. The van der Waals surface area contributed by atoms with Crippen molar-refractivity contribution >= 4 is 17.5 Å². The normalized spacial score (nSPS) is 23.1. The molecule has 6 nitrogen and oxygen atoms in total. The van der Waals surface area contributed by atoms with Crippen LogP contribution in [0.15, 0.2) is 47.1 Å². The monoisotopic (exact) mass is 311 g/mol. The lowest BCUT2D eigenvalue weighted by atomic mass is 9.93. The van der Waals surface area contributed by atoms with Crippen LogP contribution in [0.2, 0.25) is 0 Å². The summed E-state index contributed by atoms with van der Waals surface area (Å²) in [7, 11) is 0. The molecule has 3 heterocycles. The van der Waals surface area contributed by atoms with Crippen molar-refractivity contribution in [2.45, 2.75) is 18.5 Å². The molecule has 0 bridgehead atoms. The maximum absolute atomic E-state index is 12.5. The van der Waals surface area contributed by atoms with Gasteiger partial charge in [0, 0.05) is 12.2 Å². The Hall–Kier alpha value is -2.76. The van der Waals surface area contributed by atoms with Crippen LogP contribution in [0.5, 0.6) is 0 Å². The summed E-state index contributed by atoms with van der Waals surface area (Å²) in [6.45, 7) is 1.06.